The van der Waals surface area contributed by atoms with Crippen molar-refractivity contribution in [3.63, 3.8) is 0 Å². The van der Waals surface area contributed by atoms with Gasteiger partial charge in [0.25, 0.3) is 0 Å². The number of hydrogen-bond donors (Lipinski definition) is 1. The molecule has 1 fully saturated rings. The molecule has 0 unspecified atom stereocenters. The molecule has 0 aliphatic carbocycles. The van der Waals surface area contributed by atoms with Crippen LogP contribution in [0.3, 0.4) is 0 Å². The summed E-state index contributed by atoms with van der Waals surface area (Å²) < 4.78 is 0.757. The Morgan fingerprint density at radius 1 is 1.23 bits per heavy atom. The second-order valence-corrected chi connectivity index (χ2v) is 8.10. The molecule has 1 saturated heterocycles. The maximum Gasteiger partial charge on any atom is 0.229 e. The summed E-state index contributed by atoms with van der Waals surface area (Å²) in [6.07, 6.45) is 0.109. The zero-order valence-corrected chi connectivity index (χ0v) is 17.5. The van der Waals surface area contributed by atoms with E-state index in [1.165, 1.54) is 4.90 Å². The van der Waals surface area contributed by atoms with Crippen molar-refractivity contribution in [2.24, 2.45) is 5.92 Å². The third-order valence-corrected chi connectivity index (χ3v) is 6.22. The molecular formula is C18H14BrCl3N2O2. The minimum absolute atomic E-state index is 0.109. The standard InChI is InChI=1S/C18H14BrCl3N2O2/c1-9-14(5-3-12(19)17(9)22)23-18(26)10-6-16(25)24(8-10)15-7-11(20)2-4-13(15)21/h2-5,7,10H,6,8H2,1H3,(H,23,26)/t10-/m1/s1. The summed E-state index contributed by atoms with van der Waals surface area (Å²) in [6.45, 7) is 2.06. The average molecular weight is 477 g/mol. The first-order valence-electron chi connectivity index (χ1n) is 7.79. The van der Waals surface area contributed by atoms with Gasteiger partial charge >= 0.3 is 0 Å². The molecular weight excluding hydrogens is 462 g/mol. The fraction of sp³-hybridized carbons (Fsp3) is 0.222. The van der Waals surface area contributed by atoms with Gasteiger partial charge in [0.05, 0.1) is 21.7 Å². The maximum absolute atomic E-state index is 12.6. The van der Waals surface area contributed by atoms with Crippen molar-refractivity contribution in [3.8, 4) is 0 Å². The number of nitrogens with zero attached hydrogens (tertiary/aromatic N) is 1. The number of benzene rings is 2. The molecule has 0 radical (unpaired) electrons. The summed E-state index contributed by atoms with van der Waals surface area (Å²) in [6, 6.07) is 8.44. The number of halogens is 4. The third kappa shape index (κ3) is 3.86. The highest BCUT2D eigenvalue weighted by molar-refractivity contribution is 9.10. The Labute approximate surface area is 174 Å². The number of hydrogen-bond acceptors (Lipinski definition) is 2. The third-order valence-electron chi connectivity index (χ3n) is 4.29. The summed E-state index contributed by atoms with van der Waals surface area (Å²) >= 11 is 21.7. The van der Waals surface area contributed by atoms with Gasteiger partial charge in [-0.3, -0.25) is 9.59 Å². The lowest BCUT2D eigenvalue weighted by Gasteiger charge is -2.18. The molecule has 2 aromatic carbocycles. The van der Waals surface area contributed by atoms with Gasteiger partial charge in [0.1, 0.15) is 0 Å². The number of carbonyl (C=O) groups excluding carboxylic acids is 2. The fourth-order valence-electron chi connectivity index (χ4n) is 2.83. The van der Waals surface area contributed by atoms with Crippen LogP contribution in [-0.2, 0) is 9.59 Å². The lowest BCUT2D eigenvalue weighted by atomic mass is 10.1. The van der Waals surface area contributed by atoms with Crippen LogP contribution in [0, 0.1) is 12.8 Å². The molecule has 1 N–H and O–H groups in total. The number of rotatable bonds is 3. The van der Waals surface area contributed by atoms with Crippen LogP contribution >= 0.6 is 50.7 Å². The molecule has 2 aromatic rings. The van der Waals surface area contributed by atoms with Crippen molar-refractivity contribution in [2.45, 2.75) is 13.3 Å². The van der Waals surface area contributed by atoms with Gasteiger partial charge in [0.15, 0.2) is 0 Å². The summed E-state index contributed by atoms with van der Waals surface area (Å²) in [5.41, 5.74) is 1.89. The summed E-state index contributed by atoms with van der Waals surface area (Å²) in [4.78, 5) is 26.5. The number of amides is 2. The van der Waals surface area contributed by atoms with E-state index < -0.39 is 5.92 Å². The normalized spacial score (nSPS) is 16.9. The van der Waals surface area contributed by atoms with Crippen LogP contribution < -0.4 is 10.2 Å². The minimum atomic E-state index is -0.487. The quantitative estimate of drug-likeness (QED) is 0.617. The van der Waals surface area contributed by atoms with E-state index in [1.54, 1.807) is 30.3 Å². The molecule has 1 aliphatic rings. The monoisotopic (exact) mass is 474 g/mol. The van der Waals surface area contributed by atoms with Crippen molar-refractivity contribution in [2.75, 3.05) is 16.8 Å². The van der Waals surface area contributed by atoms with E-state index in [2.05, 4.69) is 21.2 Å². The molecule has 3 rings (SSSR count). The largest absolute Gasteiger partial charge is 0.325 e. The topological polar surface area (TPSA) is 49.4 Å². The lowest BCUT2D eigenvalue weighted by Crippen LogP contribution is -2.28. The van der Waals surface area contributed by atoms with Crippen LogP contribution in [-0.4, -0.2) is 18.4 Å². The first-order valence-corrected chi connectivity index (χ1v) is 9.71. The van der Waals surface area contributed by atoms with Crippen molar-refractivity contribution in [1.29, 1.82) is 0 Å². The van der Waals surface area contributed by atoms with Gasteiger partial charge in [-0.1, -0.05) is 34.8 Å². The van der Waals surface area contributed by atoms with E-state index in [0.717, 1.165) is 10.0 Å². The van der Waals surface area contributed by atoms with Crippen molar-refractivity contribution >= 4 is 73.9 Å². The SMILES string of the molecule is Cc1c(NC(=O)[C@@H]2CC(=O)N(c3cc(Cl)ccc3Cl)C2)ccc(Br)c1Cl. The van der Waals surface area contributed by atoms with Crippen molar-refractivity contribution in [3.05, 3.63) is 55.4 Å². The lowest BCUT2D eigenvalue weighted by molar-refractivity contribution is -0.122. The molecule has 0 saturated carbocycles. The van der Waals surface area contributed by atoms with E-state index >= 15 is 0 Å². The van der Waals surface area contributed by atoms with Crippen LogP contribution in [0.1, 0.15) is 12.0 Å². The van der Waals surface area contributed by atoms with E-state index in [0.29, 0.717) is 26.4 Å². The van der Waals surface area contributed by atoms with Crippen LogP contribution in [0.25, 0.3) is 0 Å². The second-order valence-electron chi connectivity index (χ2n) is 6.02. The molecule has 0 spiro atoms. The van der Waals surface area contributed by atoms with Gasteiger partial charge in [-0.05, 0) is 58.7 Å². The smallest absolute Gasteiger partial charge is 0.229 e. The van der Waals surface area contributed by atoms with Crippen LogP contribution in [0.2, 0.25) is 15.1 Å². The van der Waals surface area contributed by atoms with Gasteiger partial charge in [-0.2, -0.15) is 0 Å². The van der Waals surface area contributed by atoms with E-state index in [1.807, 2.05) is 6.92 Å². The zero-order chi connectivity index (χ0) is 19.0. The molecule has 0 aromatic heterocycles. The highest BCUT2D eigenvalue weighted by Crippen LogP contribution is 2.35. The predicted molar refractivity (Wildman–Crippen MR) is 109 cm³/mol. The van der Waals surface area contributed by atoms with Crippen LogP contribution in [0.5, 0.6) is 0 Å². The van der Waals surface area contributed by atoms with Crippen molar-refractivity contribution < 1.29 is 9.59 Å². The number of nitrogens with one attached hydrogen (secondary N) is 1. The van der Waals surface area contributed by atoms with Crippen LogP contribution in [0.4, 0.5) is 11.4 Å². The van der Waals surface area contributed by atoms with Gasteiger partial charge in [-0.25, -0.2) is 0 Å². The van der Waals surface area contributed by atoms with Crippen molar-refractivity contribution in [1.82, 2.24) is 0 Å². The predicted octanol–water partition coefficient (Wildman–Crippen LogP) is 5.71. The average Bonchev–Trinajstić information content (AvgIpc) is 2.99. The first kappa shape index (κ1) is 19.5. The maximum atomic E-state index is 12.6. The minimum Gasteiger partial charge on any atom is -0.325 e. The Morgan fingerprint density at radius 3 is 2.69 bits per heavy atom. The van der Waals surface area contributed by atoms with E-state index in [9.17, 15) is 9.59 Å². The Hall–Kier alpha value is -1.27. The molecule has 2 amide bonds. The molecule has 1 atom stereocenters. The number of carbonyl (C=O) groups is 2. The molecule has 8 heteroatoms. The summed E-state index contributed by atoms with van der Waals surface area (Å²) in [5.74, 6) is -0.889. The molecule has 0 bridgehead atoms. The van der Waals surface area contributed by atoms with Gasteiger partial charge in [0.2, 0.25) is 11.8 Å². The highest BCUT2D eigenvalue weighted by Gasteiger charge is 2.36. The van der Waals surface area contributed by atoms with E-state index in [-0.39, 0.29) is 24.8 Å². The van der Waals surface area contributed by atoms with Gasteiger partial charge < -0.3 is 10.2 Å². The molecule has 136 valence electrons. The van der Waals surface area contributed by atoms with Gasteiger partial charge in [-0.15, -0.1) is 0 Å². The Balaban J connectivity index is 1.77. The molecule has 1 heterocycles. The summed E-state index contributed by atoms with van der Waals surface area (Å²) in [5, 5.41) is 4.29. The molecule has 1 aliphatic heterocycles. The van der Waals surface area contributed by atoms with Crippen LogP contribution in [0.15, 0.2) is 34.8 Å². The highest BCUT2D eigenvalue weighted by atomic mass is 79.9. The Bertz CT molecular complexity index is 904. The Kier molecular flexibility index (Phi) is 5.82. The fourth-order valence-corrected chi connectivity index (χ4v) is 3.81. The van der Waals surface area contributed by atoms with Gasteiger partial charge in [0, 0.05) is 28.1 Å². The number of anilines is 2. The second kappa shape index (κ2) is 7.77. The first-order chi connectivity index (χ1) is 12.3. The molecule has 26 heavy (non-hydrogen) atoms. The molecule has 4 nitrogen and oxygen atoms in total. The zero-order valence-electron chi connectivity index (χ0n) is 13.7. The Morgan fingerprint density at radius 2 is 1.96 bits per heavy atom. The van der Waals surface area contributed by atoms with E-state index in [4.69, 9.17) is 34.8 Å². The summed E-state index contributed by atoms with van der Waals surface area (Å²) in [7, 11) is 0.